The third-order valence-corrected chi connectivity index (χ3v) is 4.00. The molecule has 3 aromatic rings. The quantitative estimate of drug-likeness (QED) is 0.803. The molecule has 0 saturated heterocycles. The highest BCUT2D eigenvalue weighted by atomic mass is 35.5. The van der Waals surface area contributed by atoms with Gasteiger partial charge in [-0.05, 0) is 37.5 Å². The molecule has 22 heavy (non-hydrogen) atoms. The van der Waals surface area contributed by atoms with E-state index in [0.29, 0.717) is 11.7 Å². The van der Waals surface area contributed by atoms with Crippen LogP contribution in [0.3, 0.4) is 0 Å². The number of para-hydroxylation sites is 1. The summed E-state index contributed by atoms with van der Waals surface area (Å²) in [5, 5.41) is 8.33. The molecule has 1 saturated carbocycles. The average Bonchev–Trinajstić information content (AvgIpc) is 3.16. The molecular formula is C15H16ClN5O. The molecule has 0 spiro atoms. The van der Waals surface area contributed by atoms with E-state index < -0.39 is 5.54 Å². The maximum Gasteiger partial charge on any atom is 0.260 e. The zero-order valence-electron chi connectivity index (χ0n) is 11.8. The monoisotopic (exact) mass is 317 g/mol. The smallest absolute Gasteiger partial charge is 0.260 e. The van der Waals surface area contributed by atoms with Crippen molar-refractivity contribution in [1.29, 1.82) is 0 Å². The van der Waals surface area contributed by atoms with Crippen molar-refractivity contribution in [3.05, 3.63) is 48.5 Å². The molecule has 1 aliphatic rings. The van der Waals surface area contributed by atoms with Crippen molar-refractivity contribution in [2.24, 2.45) is 5.73 Å². The SMILES string of the molecule is Cl.NC1(c2noc(-c3ccccc3-n3cccn3)n2)CCC1. The van der Waals surface area contributed by atoms with Crippen LogP contribution in [-0.4, -0.2) is 19.9 Å². The van der Waals surface area contributed by atoms with E-state index in [4.69, 9.17) is 10.3 Å². The first-order valence-electron chi connectivity index (χ1n) is 6.99. The second-order valence-electron chi connectivity index (χ2n) is 5.40. The van der Waals surface area contributed by atoms with Crippen molar-refractivity contribution >= 4 is 12.4 Å². The zero-order valence-corrected chi connectivity index (χ0v) is 12.7. The molecule has 1 fully saturated rings. The Morgan fingerprint density at radius 2 is 2.00 bits per heavy atom. The molecule has 0 aliphatic heterocycles. The number of hydrogen-bond donors (Lipinski definition) is 1. The van der Waals surface area contributed by atoms with Gasteiger partial charge < -0.3 is 10.3 Å². The number of rotatable bonds is 3. The Labute approximate surface area is 133 Å². The molecule has 2 aromatic heterocycles. The molecule has 1 aromatic carbocycles. The normalized spacial score (nSPS) is 15.9. The predicted octanol–water partition coefficient (Wildman–Crippen LogP) is 2.68. The molecule has 0 bridgehead atoms. The number of nitrogens with two attached hydrogens (primary N) is 1. The van der Waals surface area contributed by atoms with Crippen LogP contribution in [-0.2, 0) is 5.54 Å². The molecule has 4 rings (SSSR count). The minimum Gasteiger partial charge on any atom is -0.334 e. The number of hydrogen-bond acceptors (Lipinski definition) is 5. The van der Waals surface area contributed by atoms with Gasteiger partial charge in [0.1, 0.15) is 0 Å². The highest BCUT2D eigenvalue weighted by Crippen LogP contribution is 2.38. The molecule has 7 heteroatoms. The molecule has 0 atom stereocenters. The summed E-state index contributed by atoms with van der Waals surface area (Å²) in [7, 11) is 0. The van der Waals surface area contributed by atoms with Crippen LogP contribution >= 0.6 is 12.4 Å². The van der Waals surface area contributed by atoms with Crippen molar-refractivity contribution in [2.45, 2.75) is 24.8 Å². The van der Waals surface area contributed by atoms with E-state index in [-0.39, 0.29) is 12.4 Å². The van der Waals surface area contributed by atoms with Gasteiger partial charge in [0.05, 0.1) is 16.8 Å². The maximum absolute atomic E-state index is 6.25. The van der Waals surface area contributed by atoms with Gasteiger partial charge in [0.15, 0.2) is 5.82 Å². The third kappa shape index (κ3) is 2.30. The van der Waals surface area contributed by atoms with Gasteiger partial charge in [0.25, 0.3) is 5.89 Å². The van der Waals surface area contributed by atoms with Crippen molar-refractivity contribution in [3.8, 4) is 17.1 Å². The van der Waals surface area contributed by atoms with Crippen LogP contribution in [0.15, 0.2) is 47.2 Å². The van der Waals surface area contributed by atoms with Gasteiger partial charge in [-0.2, -0.15) is 10.1 Å². The van der Waals surface area contributed by atoms with Crippen LogP contribution in [0.1, 0.15) is 25.1 Å². The van der Waals surface area contributed by atoms with Crippen LogP contribution in [0.5, 0.6) is 0 Å². The summed E-state index contributed by atoms with van der Waals surface area (Å²) < 4.78 is 7.21. The highest BCUT2D eigenvalue weighted by molar-refractivity contribution is 5.85. The lowest BCUT2D eigenvalue weighted by molar-refractivity contribution is 0.229. The molecule has 114 valence electrons. The summed E-state index contributed by atoms with van der Waals surface area (Å²) in [5.41, 5.74) is 7.58. The zero-order chi connectivity index (χ0) is 14.3. The molecule has 1 aliphatic carbocycles. The summed E-state index contributed by atoms with van der Waals surface area (Å²) in [6.07, 6.45) is 6.55. The van der Waals surface area contributed by atoms with E-state index in [2.05, 4.69) is 15.2 Å². The number of halogens is 1. The molecule has 0 amide bonds. The molecule has 0 radical (unpaired) electrons. The summed E-state index contributed by atoms with van der Waals surface area (Å²) >= 11 is 0. The van der Waals surface area contributed by atoms with Gasteiger partial charge in [-0.3, -0.25) is 0 Å². The molecule has 2 N–H and O–H groups in total. The fourth-order valence-electron chi connectivity index (χ4n) is 2.58. The second kappa shape index (κ2) is 5.55. The van der Waals surface area contributed by atoms with E-state index in [1.807, 2.05) is 36.5 Å². The number of nitrogens with zero attached hydrogens (tertiary/aromatic N) is 4. The van der Waals surface area contributed by atoms with Gasteiger partial charge in [-0.25, -0.2) is 4.68 Å². The minimum absolute atomic E-state index is 0. The van der Waals surface area contributed by atoms with Gasteiger partial charge in [-0.15, -0.1) is 12.4 Å². The largest absolute Gasteiger partial charge is 0.334 e. The lowest BCUT2D eigenvalue weighted by atomic mass is 9.77. The highest BCUT2D eigenvalue weighted by Gasteiger charge is 2.39. The molecular weight excluding hydrogens is 302 g/mol. The van der Waals surface area contributed by atoms with E-state index in [9.17, 15) is 0 Å². The Balaban J connectivity index is 0.00000144. The van der Waals surface area contributed by atoms with Crippen molar-refractivity contribution in [1.82, 2.24) is 19.9 Å². The second-order valence-corrected chi connectivity index (χ2v) is 5.40. The van der Waals surface area contributed by atoms with Crippen LogP contribution in [0.4, 0.5) is 0 Å². The Bertz CT molecular complexity index is 764. The number of benzene rings is 1. The summed E-state index contributed by atoms with van der Waals surface area (Å²) in [6.45, 7) is 0. The van der Waals surface area contributed by atoms with Crippen LogP contribution < -0.4 is 5.73 Å². The Morgan fingerprint density at radius 1 is 1.18 bits per heavy atom. The Morgan fingerprint density at radius 3 is 2.68 bits per heavy atom. The fourth-order valence-corrected chi connectivity index (χ4v) is 2.58. The van der Waals surface area contributed by atoms with Gasteiger partial charge in [0.2, 0.25) is 0 Å². The van der Waals surface area contributed by atoms with Crippen molar-refractivity contribution in [2.75, 3.05) is 0 Å². The lowest BCUT2D eigenvalue weighted by Gasteiger charge is -2.34. The van der Waals surface area contributed by atoms with Crippen LogP contribution in [0.25, 0.3) is 17.1 Å². The van der Waals surface area contributed by atoms with E-state index in [0.717, 1.165) is 30.5 Å². The topological polar surface area (TPSA) is 82.8 Å². The van der Waals surface area contributed by atoms with E-state index >= 15 is 0 Å². The summed E-state index contributed by atoms with van der Waals surface area (Å²) in [4.78, 5) is 4.50. The van der Waals surface area contributed by atoms with Crippen molar-refractivity contribution < 1.29 is 4.52 Å². The lowest BCUT2D eigenvalue weighted by Crippen LogP contribution is -2.44. The summed E-state index contributed by atoms with van der Waals surface area (Å²) in [6, 6.07) is 9.67. The van der Waals surface area contributed by atoms with Gasteiger partial charge in [0, 0.05) is 12.4 Å². The number of aromatic nitrogens is 4. The van der Waals surface area contributed by atoms with Crippen LogP contribution in [0, 0.1) is 0 Å². The first kappa shape index (κ1) is 14.7. The van der Waals surface area contributed by atoms with Gasteiger partial charge in [-0.1, -0.05) is 17.3 Å². The predicted molar refractivity (Wildman–Crippen MR) is 83.8 cm³/mol. The molecule has 0 unspecified atom stereocenters. The maximum atomic E-state index is 6.25. The summed E-state index contributed by atoms with van der Waals surface area (Å²) in [5.74, 6) is 1.08. The average molecular weight is 318 g/mol. The Kier molecular flexibility index (Phi) is 3.72. The Hall–Kier alpha value is -2.18. The van der Waals surface area contributed by atoms with E-state index in [1.165, 1.54) is 0 Å². The third-order valence-electron chi connectivity index (χ3n) is 4.00. The van der Waals surface area contributed by atoms with Crippen LogP contribution in [0.2, 0.25) is 0 Å². The standard InChI is InChI=1S/C15H15N5O.ClH/c16-15(7-3-8-15)14-18-13(21-19-14)11-5-1-2-6-12(11)20-10-4-9-17-20;/h1-2,4-6,9-10H,3,7-8,16H2;1H. The molecule has 6 nitrogen and oxygen atoms in total. The van der Waals surface area contributed by atoms with E-state index in [1.54, 1.807) is 10.9 Å². The molecule has 2 heterocycles. The van der Waals surface area contributed by atoms with Gasteiger partial charge >= 0.3 is 0 Å². The van der Waals surface area contributed by atoms with Crippen molar-refractivity contribution in [3.63, 3.8) is 0 Å². The minimum atomic E-state index is -0.414. The first-order valence-corrected chi connectivity index (χ1v) is 6.99. The first-order chi connectivity index (χ1) is 10.3. The fraction of sp³-hybridized carbons (Fsp3) is 0.267.